The van der Waals surface area contributed by atoms with Crippen LogP contribution in [-0.4, -0.2) is 47.0 Å². The van der Waals surface area contributed by atoms with Crippen LogP contribution in [0.4, 0.5) is 10.2 Å². The standard InChI is InChI=1S/C16H16ClFN4O2/c1-11(23)21-4-6-22(7-5-21)15-9-16(20-10-19-15)24-14-3-2-12(18)8-13(14)17/h2-3,8-10H,4-7H2,1H3. The third-order valence-electron chi connectivity index (χ3n) is 3.79. The Morgan fingerprint density at radius 1 is 1.21 bits per heavy atom. The van der Waals surface area contributed by atoms with E-state index in [1.54, 1.807) is 17.9 Å². The molecule has 126 valence electrons. The summed E-state index contributed by atoms with van der Waals surface area (Å²) in [5.41, 5.74) is 0. The van der Waals surface area contributed by atoms with Gasteiger partial charge in [0, 0.05) is 39.2 Å². The van der Waals surface area contributed by atoms with Crippen LogP contribution in [0.25, 0.3) is 0 Å². The van der Waals surface area contributed by atoms with E-state index in [2.05, 4.69) is 14.9 Å². The molecule has 24 heavy (non-hydrogen) atoms. The molecule has 2 heterocycles. The summed E-state index contributed by atoms with van der Waals surface area (Å²) in [5.74, 6) is 0.999. The monoisotopic (exact) mass is 350 g/mol. The Morgan fingerprint density at radius 3 is 2.62 bits per heavy atom. The number of hydrogen-bond acceptors (Lipinski definition) is 5. The minimum Gasteiger partial charge on any atom is -0.437 e. The molecule has 0 saturated carbocycles. The third kappa shape index (κ3) is 3.73. The van der Waals surface area contributed by atoms with Gasteiger partial charge in [0.1, 0.15) is 23.7 Å². The van der Waals surface area contributed by atoms with Gasteiger partial charge in [0.15, 0.2) is 0 Å². The smallest absolute Gasteiger partial charge is 0.224 e. The normalized spacial score (nSPS) is 14.6. The number of amides is 1. The Labute approximate surface area is 143 Å². The van der Waals surface area contributed by atoms with E-state index in [1.807, 2.05) is 0 Å². The molecule has 1 aromatic heterocycles. The van der Waals surface area contributed by atoms with Crippen LogP contribution in [0, 0.1) is 5.82 Å². The van der Waals surface area contributed by atoms with Gasteiger partial charge in [0.2, 0.25) is 11.8 Å². The number of carbonyl (C=O) groups is 1. The number of rotatable bonds is 3. The van der Waals surface area contributed by atoms with Gasteiger partial charge < -0.3 is 14.5 Å². The van der Waals surface area contributed by atoms with E-state index < -0.39 is 5.82 Å². The summed E-state index contributed by atoms with van der Waals surface area (Å²) < 4.78 is 18.7. The summed E-state index contributed by atoms with van der Waals surface area (Å²) in [4.78, 5) is 23.5. The Morgan fingerprint density at radius 2 is 1.96 bits per heavy atom. The van der Waals surface area contributed by atoms with Gasteiger partial charge in [0.05, 0.1) is 5.02 Å². The minimum absolute atomic E-state index is 0.0762. The molecule has 0 bridgehead atoms. The number of piperazine rings is 1. The molecule has 1 amide bonds. The molecule has 1 aromatic carbocycles. The molecule has 1 saturated heterocycles. The second-order valence-corrected chi connectivity index (χ2v) is 5.79. The maximum atomic E-state index is 13.1. The van der Waals surface area contributed by atoms with Crippen molar-refractivity contribution in [2.75, 3.05) is 31.1 Å². The number of hydrogen-bond donors (Lipinski definition) is 0. The molecular weight excluding hydrogens is 335 g/mol. The van der Waals surface area contributed by atoms with Gasteiger partial charge in [-0.25, -0.2) is 14.4 Å². The first-order chi connectivity index (χ1) is 11.5. The molecule has 1 aliphatic heterocycles. The Kier molecular flexibility index (Phi) is 4.80. The molecule has 2 aromatic rings. The summed E-state index contributed by atoms with van der Waals surface area (Å²) in [6.07, 6.45) is 1.40. The van der Waals surface area contributed by atoms with E-state index in [0.717, 1.165) is 0 Å². The number of carbonyl (C=O) groups excluding carboxylic acids is 1. The molecule has 1 aliphatic rings. The second-order valence-electron chi connectivity index (χ2n) is 5.38. The predicted molar refractivity (Wildman–Crippen MR) is 88.0 cm³/mol. The van der Waals surface area contributed by atoms with Gasteiger partial charge in [0.25, 0.3) is 0 Å². The van der Waals surface area contributed by atoms with E-state index in [0.29, 0.717) is 43.6 Å². The molecule has 3 rings (SSSR count). The average molecular weight is 351 g/mol. The van der Waals surface area contributed by atoms with Gasteiger partial charge in [-0.1, -0.05) is 11.6 Å². The number of ether oxygens (including phenoxy) is 1. The van der Waals surface area contributed by atoms with Crippen molar-refractivity contribution in [2.24, 2.45) is 0 Å². The van der Waals surface area contributed by atoms with Crippen molar-refractivity contribution in [3.8, 4) is 11.6 Å². The van der Waals surface area contributed by atoms with Crippen molar-refractivity contribution in [2.45, 2.75) is 6.92 Å². The summed E-state index contributed by atoms with van der Waals surface area (Å²) in [7, 11) is 0. The molecule has 0 aliphatic carbocycles. The molecule has 8 heteroatoms. The highest BCUT2D eigenvalue weighted by atomic mass is 35.5. The molecule has 0 radical (unpaired) electrons. The molecular formula is C16H16ClFN4O2. The molecule has 6 nitrogen and oxygen atoms in total. The highest BCUT2D eigenvalue weighted by Gasteiger charge is 2.20. The summed E-state index contributed by atoms with van der Waals surface area (Å²) in [6, 6.07) is 5.60. The van der Waals surface area contributed by atoms with Crippen LogP contribution < -0.4 is 9.64 Å². The minimum atomic E-state index is -0.431. The topological polar surface area (TPSA) is 58.6 Å². The van der Waals surface area contributed by atoms with Crippen LogP contribution in [0.1, 0.15) is 6.92 Å². The fraction of sp³-hybridized carbons (Fsp3) is 0.312. The van der Waals surface area contributed by atoms with Crippen LogP contribution >= 0.6 is 11.6 Å². The lowest BCUT2D eigenvalue weighted by Gasteiger charge is -2.34. The number of anilines is 1. The van der Waals surface area contributed by atoms with Crippen molar-refractivity contribution in [3.05, 3.63) is 41.4 Å². The fourth-order valence-corrected chi connectivity index (χ4v) is 2.69. The van der Waals surface area contributed by atoms with Crippen LogP contribution in [0.5, 0.6) is 11.6 Å². The molecule has 0 unspecified atom stereocenters. The van der Waals surface area contributed by atoms with Crippen molar-refractivity contribution < 1.29 is 13.9 Å². The maximum Gasteiger partial charge on any atom is 0.224 e. The first kappa shape index (κ1) is 16.4. The van der Waals surface area contributed by atoms with Crippen LogP contribution in [0.3, 0.4) is 0 Å². The van der Waals surface area contributed by atoms with Gasteiger partial charge in [-0.15, -0.1) is 0 Å². The van der Waals surface area contributed by atoms with E-state index in [1.165, 1.54) is 24.5 Å². The van der Waals surface area contributed by atoms with E-state index in [4.69, 9.17) is 16.3 Å². The first-order valence-corrected chi connectivity index (χ1v) is 7.86. The van der Waals surface area contributed by atoms with Gasteiger partial charge in [-0.05, 0) is 18.2 Å². The summed E-state index contributed by atoms with van der Waals surface area (Å²) in [6.45, 7) is 4.25. The number of nitrogens with zero attached hydrogens (tertiary/aromatic N) is 4. The zero-order valence-corrected chi connectivity index (χ0v) is 13.8. The number of aromatic nitrogens is 2. The zero-order valence-electron chi connectivity index (χ0n) is 13.1. The third-order valence-corrected chi connectivity index (χ3v) is 4.08. The van der Waals surface area contributed by atoms with E-state index in [9.17, 15) is 9.18 Å². The molecule has 1 fully saturated rings. The van der Waals surface area contributed by atoms with E-state index in [-0.39, 0.29) is 10.9 Å². The Bertz CT molecular complexity index is 751. The van der Waals surface area contributed by atoms with Crippen LogP contribution in [0.2, 0.25) is 5.02 Å². The Balaban J connectivity index is 1.71. The lowest BCUT2D eigenvalue weighted by molar-refractivity contribution is -0.129. The number of halogens is 2. The summed E-state index contributed by atoms with van der Waals surface area (Å²) in [5, 5.41) is 0.172. The van der Waals surface area contributed by atoms with Crippen molar-refractivity contribution >= 4 is 23.3 Å². The molecule has 0 spiro atoms. The van der Waals surface area contributed by atoms with E-state index >= 15 is 0 Å². The zero-order chi connectivity index (χ0) is 17.1. The molecule has 0 atom stereocenters. The highest BCUT2D eigenvalue weighted by Crippen LogP contribution is 2.29. The van der Waals surface area contributed by atoms with Crippen LogP contribution in [0.15, 0.2) is 30.6 Å². The average Bonchev–Trinajstić information content (AvgIpc) is 2.58. The van der Waals surface area contributed by atoms with Gasteiger partial charge >= 0.3 is 0 Å². The molecule has 0 N–H and O–H groups in total. The van der Waals surface area contributed by atoms with Crippen molar-refractivity contribution in [1.29, 1.82) is 0 Å². The lowest BCUT2D eigenvalue weighted by Crippen LogP contribution is -2.48. The number of benzene rings is 1. The van der Waals surface area contributed by atoms with Gasteiger partial charge in [-0.2, -0.15) is 0 Å². The lowest BCUT2D eigenvalue weighted by atomic mass is 10.3. The first-order valence-electron chi connectivity index (χ1n) is 7.48. The quantitative estimate of drug-likeness (QED) is 0.852. The predicted octanol–water partition coefficient (Wildman–Crippen LogP) is 2.73. The maximum absolute atomic E-state index is 13.1. The Hall–Kier alpha value is -2.41. The fourth-order valence-electron chi connectivity index (χ4n) is 2.48. The van der Waals surface area contributed by atoms with Gasteiger partial charge in [-0.3, -0.25) is 4.79 Å². The van der Waals surface area contributed by atoms with Crippen LogP contribution in [-0.2, 0) is 4.79 Å². The SMILES string of the molecule is CC(=O)N1CCN(c2cc(Oc3ccc(F)cc3Cl)ncn2)CC1. The second kappa shape index (κ2) is 7.00. The highest BCUT2D eigenvalue weighted by molar-refractivity contribution is 6.32. The van der Waals surface area contributed by atoms with Crippen molar-refractivity contribution in [3.63, 3.8) is 0 Å². The summed E-state index contributed by atoms with van der Waals surface area (Å²) >= 11 is 5.96. The van der Waals surface area contributed by atoms with Crippen molar-refractivity contribution in [1.82, 2.24) is 14.9 Å². The largest absolute Gasteiger partial charge is 0.437 e.